The summed E-state index contributed by atoms with van der Waals surface area (Å²) in [7, 11) is 1.28. The van der Waals surface area contributed by atoms with Gasteiger partial charge in [-0.1, -0.05) is 0 Å². The molecule has 0 aliphatic rings. The molecule has 0 N–H and O–H groups in total. The summed E-state index contributed by atoms with van der Waals surface area (Å²) in [6.45, 7) is 0. The lowest BCUT2D eigenvalue weighted by molar-refractivity contribution is 0.0593. The minimum Gasteiger partial charge on any atom is -0.464 e. The predicted molar refractivity (Wildman–Crippen MR) is 53.7 cm³/mol. The largest absolute Gasteiger partial charge is 0.464 e. The van der Waals surface area contributed by atoms with Crippen molar-refractivity contribution in [1.82, 2.24) is 9.78 Å². The highest BCUT2D eigenvalue weighted by molar-refractivity contribution is 5.86. The number of halogens is 1. The Kier molecular flexibility index (Phi) is 2.68. The summed E-state index contributed by atoms with van der Waals surface area (Å²) in [6, 6.07) is 8.24. The SMILES string of the molecule is COC(=O)c1ccn(-c2cc[c]c(F)c2)n1. The van der Waals surface area contributed by atoms with Crippen LogP contribution in [0.25, 0.3) is 5.69 Å². The number of ether oxygens (including phenoxy) is 1. The smallest absolute Gasteiger partial charge is 0.358 e. The zero-order valence-corrected chi connectivity index (χ0v) is 8.48. The molecule has 0 amide bonds. The molecule has 16 heavy (non-hydrogen) atoms. The number of nitrogens with zero attached hydrogens (tertiary/aromatic N) is 2. The van der Waals surface area contributed by atoms with Crippen molar-refractivity contribution in [2.24, 2.45) is 0 Å². The number of carbonyl (C=O) groups excluding carboxylic acids is 1. The highest BCUT2D eigenvalue weighted by atomic mass is 19.1. The third kappa shape index (κ3) is 1.93. The van der Waals surface area contributed by atoms with Crippen molar-refractivity contribution < 1.29 is 13.9 Å². The lowest BCUT2D eigenvalue weighted by Crippen LogP contribution is -2.04. The van der Waals surface area contributed by atoms with Gasteiger partial charge in [-0.05, 0) is 18.2 Å². The van der Waals surface area contributed by atoms with Crippen molar-refractivity contribution in [3.05, 3.63) is 48.0 Å². The zero-order valence-electron chi connectivity index (χ0n) is 8.48. The zero-order chi connectivity index (χ0) is 11.5. The van der Waals surface area contributed by atoms with Gasteiger partial charge in [-0.2, -0.15) is 5.10 Å². The van der Waals surface area contributed by atoms with Crippen LogP contribution >= 0.6 is 0 Å². The molecular formula is C11H8FN2O2. The standard InChI is InChI=1S/C11H8FN2O2/c1-16-11(15)10-5-6-14(13-10)9-4-2-3-8(12)7-9/h2,4-7H,1H3. The number of carbonyl (C=O) groups is 1. The van der Waals surface area contributed by atoms with Gasteiger partial charge < -0.3 is 4.74 Å². The molecule has 1 radical (unpaired) electrons. The number of hydrogen-bond acceptors (Lipinski definition) is 3. The van der Waals surface area contributed by atoms with Gasteiger partial charge in [-0.25, -0.2) is 13.9 Å². The fourth-order valence-electron chi connectivity index (χ4n) is 1.25. The first kappa shape index (κ1) is 10.4. The van der Waals surface area contributed by atoms with E-state index >= 15 is 0 Å². The maximum absolute atomic E-state index is 12.9. The fraction of sp³-hybridized carbons (Fsp3) is 0.0909. The lowest BCUT2D eigenvalue weighted by atomic mass is 10.3. The second kappa shape index (κ2) is 4.14. The molecule has 4 nitrogen and oxygen atoms in total. The summed E-state index contributed by atoms with van der Waals surface area (Å²) in [6.07, 6.45) is 1.56. The van der Waals surface area contributed by atoms with Crippen LogP contribution in [-0.2, 0) is 4.74 Å². The number of benzene rings is 1. The van der Waals surface area contributed by atoms with Crippen LogP contribution in [0.3, 0.4) is 0 Å². The van der Waals surface area contributed by atoms with Gasteiger partial charge in [-0.3, -0.25) is 0 Å². The van der Waals surface area contributed by atoms with E-state index in [2.05, 4.69) is 15.9 Å². The Labute approximate surface area is 91.3 Å². The maximum Gasteiger partial charge on any atom is 0.358 e. The van der Waals surface area contributed by atoms with Crippen LogP contribution in [0, 0.1) is 11.9 Å². The third-order valence-electron chi connectivity index (χ3n) is 2.00. The third-order valence-corrected chi connectivity index (χ3v) is 2.00. The molecule has 1 aromatic heterocycles. The monoisotopic (exact) mass is 219 g/mol. The van der Waals surface area contributed by atoms with E-state index < -0.39 is 11.8 Å². The predicted octanol–water partition coefficient (Wildman–Crippen LogP) is 1.60. The van der Waals surface area contributed by atoms with Gasteiger partial charge in [0.15, 0.2) is 5.69 Å². The molecule has 0 aliphatic heterocycles. The van der Waals surface area contributed by atoms with Crippen LogP contribution in [0.2, 0.25) is 0 Å². The van der Waals surface area contributed by atoms with Crippen LogP contribution < -0.4 is 0 Å². The van der Waals surface area contributed by atoms with E-state index in [1.807, 2.05) is 0 Å². The van der Waals surface area contributed by atoms with Crippen LogP contribution in [0.1, 0.15) is 10.5 Å². The maximum atomic E-state index is 12.9. The number of esters is 1. The summed E-state index contributed by atoms with van der Waals surface area (Å²) in [5.74, 6) is -1.01. The van der Waals surface area contributed by atoms with Gasteiger partial charge in [-0.15, -0.1) is 0 Å². The first-order valence-electron chi connectivity index (χ1n) is 4.52. The van der Waals surface area contributed by atoms with Crippen molar-refractivity contribution in [3.8, 4) is 5.69 Å². The molecule has 0 aliphatic carbocycles. The second-order valence-corrected chi connectivity index (χ2v) is 3.03. The lowest BCUT2D eigenvalue weighted by Gasteiger charge is -2.00. The average Bonchev–Trinajstić information content (AvgIpc) is 2.77. The van der Waals surface area contributed by atoms with Crippen molar-refractivity contribution in [2.75, 3.05) is 7.11 Å². The minimum atomic E-state index is -0.526. The van der Waals surface area contributed by atoms with Crippen molar-refractivity contribution in [2.45, 2.75) is 0 Å². The number of methoxy groups -OCH3 is 1. The molecule has 1 heterocycles. The highest BCUT2D eigenvalue weighted by Gasteiger charge is 2.09. The second-order valence-electron chi connectivity index (χ2n) is 3.03. The van der Waals surface area contributed by atoms with Crippen molar-refractivity contribution in [3.63, 3.8) is 0 Å². The summed E-state index contributed by atoms with van der Waals surface area (Å²) >= 11 is 0. The minimum absolute atomic E-state index is 0.177. The van der Waals surface area contributed by atoms with Gasteiger partial charge >= 0.3 is 5.97 Å². The van der Waals surface area contributed by atoms with E-state index in [-0.39, 0.29) is 5.69 Å². The quantitative estimate of drug-likeness (QED) is 0.720. The van der Waals surface area contributed by atoms with Crippen molar-refractivity contribution >= 4 is 5.97 Å². The molecule has 2 rings (SSSR count). The summed E-state index contributed by atoms with van der Waals surface area (Å²) < 4.78 is 18.8. The Balaban J connectivity index is 2.35. The Morgan fingerprint density at radius 2 is 2.38 bits per heavy atom. The Morgan fingerprint density at radius 3 is 3.06 bits per heavy atom. The molecule has 0 spiro atoms. The van der Waals surface area contributed by atoms with Gasteiger partial charge in [0.2, 0.25) is 0 Å². The van der Waals surface area contributed by atoms with E-state index in [0.717, 1.165) is 0 Å². The van der Waals surface area contributed by atoms with E-state index in [9.17, 15) is 9.18 Å². The van der Waals surface area contributed by atoms with Crippen molar-refractivity contribution in [1.29, 1.82) is 0 Å². The molecule has 0 fully saturated rings. The van der Waals surface area contributed by atoms with Gasteiger partial charge in [0.05, 0.1) is 12.8 Å². The number of hydrogen-bond donors (Lipinski definition) is 0. The number of rotatable bonds is 2. The molecule has 81 valence electrons. The molecule has 0 bridgehead atoms. The van der Waals surface area contributed by atoms with Gasteiger partial charge in [0, 0.05) is 18.3 Å². The average molecular weight is 219 g/mol. The topological polar surface area (TPSA) is 44.1 Å². The molecular weight excluding hydrogens is 211 g/mol. The normalized spacial score (nSPS) is 10.1. The van der Waals surface area contributed by atoms with E-state index in [4.69, 9.17) is 0 Å². The van der Waals surface area contributed by atoms with Gasteiger partial charge in [0.25, 0.3) is 0 Å². The molecule has 2 aromatic rings. The molecule has 0 unspecified atom stereocenters. The summed E-state index contributed by atoms with van der Waals surface area (Å²) in [5, 5.41) is 3.95. The Hall–Kier alpha value is -2.17. The Bertz CT molecular complexity index is 522. The number of aromatic nitrogens is 2. The molecule has 0 saturated heterocycles. The van der Waals surface area contributed by atoms with E-state index in [1.54, 1.807) is 12.3 Å². The van der Waals surface area contributed by atoms with Crippen LogP contribution in [-0.4, -0.2) is 22.9 Å². The van der Waals surface area contributed by atoms with E-state index in [1.165, 1.54) is 30.0 Å². The first-order chi connectivity index (χ1) is 7.70. The van der Waals surface area contributed by atoms with E-state index in [0.29, 0.717) is 5.69 Å². The van der Waals surface area contributed by atoms with Gasteiger partial charge in [0.1, 0.15) is 5.82 Å². The van der Waals surface area contributed by atoms with Crippen LogP contribution in [0.15, 0.2) is 30.5 Å². The highest BCUT2D eigenvalue weighted by Crippen LogP contribution is 2.09. The molecule has 0 atom stereocenters. The first-order valence-corrected chi connectivity index (χ1v) is 4.52. The van der Waals surface area contributed by atoms with Crippen LogP contribution in [0.4, 0.5) is 4.39 Å². The summed E-state index contributed by atoms with van der Waals surface area (Å²) in [4.78, 5) is 11.1. The molecule has 5 heteroatoms. The fourth-order valence-corrected chi connectivity index (χ4v) is 1.25. The summed E-state index contributed by atoms with van der Waals surface area (Å²) in [5.41, 5.74) is 0.696. The molecule has 1 aromatic carbocycles. The Morgan fingerprint density at radius 1 is 1.56 bits per heavy atom. The molecule has 0 saturated carbocycles. The van der Waals surface area contributed by atoms with Crippen LogP contribution in [0.5, 0.6) is 0 Å².